The molecule has 0 fully saturated rings. The molecule has 17 heavy (non-hydrogen) atoms. The van der Waals surface area contributed by atoms with Crippen molar-refractivity contribution in [2.75, 3.05) is 7.11 Å². The fourth-order valence-corrected chi connectivity index (χ4v) is 1.70. The van der Waals surface area contributed by atoms with Gasteiger partial charge in [-0.1, -0.05) is 12.1 Å². The first-order valence-corrected chi connectivity index (χ1v) is 5.49. The van der Waals surface area contributed by atoms with Crippen molar-refractivity contribution in [2.45, 2.75) is 13.5 Å². The molecule has 0 saturated heterocycles. The van der Waals surface area contributed by atoms with E-state index in [4.69, 9.17) is 4.74 Å². The van der Waals surface area contributed by atoms with Crippen LogP contribution in [-0.2, 0) is 6.54 Å². The zero-order chi connectivity index (χ0) is 12.3. The summed E-state index contributed by atoms with van der Waals surface area (Å²) >= 11 is 0. The molecule has 0 atom stereocenters. The van der Waals surface area contributed by atoms with Crippen LogP contribution in [0.15, 0.2) is 47.4 Å². The van der Waals surface area contributed by atoms with Gasteiger partial charge in [0.15, 0.2) is 0 Å². The first kappa shape index (κ1) is 11.5. The fourth-order valence-electron chi connectivity index (χ4n) is 1.70. The summed E-state index contributed by atoms with van der Waals surface area (Å²) in [4.78, 5) is 11.7. The van der Waals surface area contributed by atoms with Gasteiger partial charge in [0.25, 0.3) is 5.56 Å². The molecule has 1 aromatic heterocycles. The molecule has 1 aromatic carbocycles. The number of rotatable bonds is 3. The predicted molar refractivity (Wildman–Crippen MR) is 67.5 cm³/mol. The largest absolute Gasteiger partial charge is 0.497 e. The highest BCUT2D eigenvalue weighted by atomic mass is 16.5. The Morgan fingerprint density at radius 1 is 1.24 bits per heavy atom. The summed E-state index contributed by atoms with van der Waals surface area (Å²) in [5.41, 5.74) is 2.06. The number of hydrogen-bond donors (Lipinski definition) is 0. The average Bonchev–Trinajstić information content (AvgIpc) is 2.33. The molecule has 3 heteroatoms. The van der Waals surface area contributed by atoms with E-state index in [1.165, 1.54) is 0 Å². The van der Waals surface area contributed by atoms with Crippen molar-refractivity contribution in [2.24, 2.45) is 0 Å². The van der Waals surface area contributed by atoms with E-state index in [1.54, 1.807) is 17.7 Å². The van der Waals surface area contributed by atoms with Crippen LogP contribution in [0.1, 0.15) is 11.1 Å². The first-order chi connectivity index (χ1) is 8.19. The van der Waals surface area contributed by atoms with Crippen molar-refractivity contribution in [3.63, 3.8) is 0 Å². The normalized spacial score (nSPS) is 10.2. The Morgan fingerprint density at radius 2 is 2.06 bits per heavy atom. The summed E-state index contributed by atoms with van der Waals surface area (Å²) in [5, 5.41) is 0. The van der Waals surface area contributed by atoms with Gasteiger partial charge in [0.1, 0.15) is 5.75 Å². The molecule has 0 bridgehead atoms. The number of ether oxygens (including phenoxy) is 1. The molecule has 0 aliphatic carbocycles. The number of methoxy groups -OCH3 is 1. The van der Waals surface area contributed by atoms with E-state index < -0.39 is 0 Å². The van der Waals surface area contributed by atoms with Crippen LogP contribution in [-0.4, -0.2) is 11.7 Å². The lowest BCUT2D eigenvalue weighted by Gasteiger charge is -2.07. The second-order valence-corrected chi connectivity index (χ2v) is 4.02. The summed E-state index contributed by atoms with van der Waals surface area (Å²) in [6, 6.07) is 11.3. The molecule has 0 aliphatic rings. The highest BCUT2D eigenvalue weighted by molar-refractivity contribution is 5.28. The molecule has 0 spiro atoms. The smallest absolute Gasteiger partial charge is 0.251 e. The summed E-state index contributed by atoms with van der Waals surface area (Å²) < 4.78 is 6.84. The minimum atomic E-state index is 0.0211. The Kier molecular flexibility index (Phi) is 3.28. The van der Waals surface area contributed by atoms with E-state index in [2.05, 4.69) is 0 Å². The number of nitrogens with zero attached hydrogens (tertiary/aromatic N) is 1. The molecule has 3 nitrogen and oxygen atoms in total. The zero-order valence-corrected chi connectivity index (χ0v) is 10.0. The molecule has 0 aliphatic heterocycles. The zero-order valence-electron chi connectivity index (χ0n) is 10.0. The van der Waals surface area contributed by atoms with Crippen LogP contribution in [0.4, 0.5) is 0 Å². The van der Waals surface area contributed by atoms with Gasteiger partial charge in [-0.2, -0.15) is 0 Å². The van der Waals surface area contributed by atoms with Crippen molar-refractivity contribution < 1.29 is 4.74 Å². The van der Waals surface area contributed by atoms with Gasteiger partial charge in [-0.05, 0) is 36.2 Å². The molecule has 2 rings (SSSR count). The van der Waals surface area contributed by atoms with Crippen LogP contribution in [0.25, 0.3) is 0 Å². The van der Waals surface area contributed by atoms with E-state index in [1.807, 2.05) is 43.5 Å². The highest BCUT2D eigenvalue weighted by Crippen LogP contribution is 2.13. The first-order valence-electron chi connectivity index (χ1n) is 5.49. The van der Waals surface area contributed by atoms with Crippen molar-refractivity contribution in [1.82, 2.24) is 4.57 Å². The Hall–Kier alpha value is -2.03. The van der Waals surface area contributed by atoms with E-state index in [0.717, 1.165) is 16.9 Å². The SMILES string of the molecule is COc1cccc(Cn2ccc(C)cc2=O)c1. The molecule has 0 saturated carbocycles. The maximum absolute atomic E-state index is 11.7. The van der Waals surface area contributed by atoms with Crippen LogP contribution in [0.3, 0.4) is 0 Å². The van der Waals surface area contributed by atoms with Crippen molar-refractivity contribution in [3.05, 3.63) is 64.1 Å². The molecule has 88 valence electrons. The molecular formula is C14H15NO2. The van der Waals surface area contributed by atoms with E-state index in [-0.39, 0.29) is 5.56 Å². The summed E-state index contributed by atoms with van der Waals surface area (Å²) in [6.07, 6.45) is 1.82. The van der Waals surface area contributed by atoms with E-state index in [9.17, 15) is 4.79 Å². The third-order valence-electron chi connectivity index (χ3n) is 2.64. The van der Waals surface area contributed by atoms with Crippen LogP contribution in [0, 0.1) is 6.92 Å². The minimum Gasteiger partial charge on any atom is -0.497 e. The lowest BCUT2D eigenvalue weighted by molar-refractivity contribution is 0.414. The molecule has 0 N–H and O–H groups in total. The number of aryl methyl sites for hydroxylation is 1. The van der Waals surface area contributed by atoms with Gasteiger partial charge < -0.3 is 9.30 Å². The molecule has 0 unspecified atom stereocenters. The topological polar surface area (TPSA) is 31.2 Å². The monoisotopic (exact) mass is 229 g/mol. The van der Waals surface area contributed by atoms with Crippen LogP contribution >= 0.6 is 0 Å². The average molecular weight is 229 g/mol. The molecule has 2 aromatic rings. The fraction of sp³-hybridized carbons (Fsp3) is 0.214. The number of benzene rings is 1. The third-order valence-corrected chi connectivity index (χ3v) is 2.64. The van der Waals surface area contributed by atoms with Crippen LogP contribution in [0.2, 0.25) is 0 Å². The van der Waals surface area contributed by atoms with Gasteiger partial charge in [-0.25, -0.2) is 0 Å². The summed E-state index contributed by atoms with van der Waals surface area (Å²) in [6.45, 7) is 2.48. The molecular weight excluding hydrogens is 214 g/mol. The second-order valence-electron chi connectivity index (χ2n) is 4.02. The quantitative estimate of drug-likeness (QED) is 0.808. The Balaban J connectivity index is 2.28. The molecule has 1 heterocycles. The van der Waals surface area contributed by atoms with Crippen LogP contribution < -0.4 is 10.3 Å². The minimum absolute atomic E-state index is 0.0211. The number of pyridine rings is 1. The highest BCUT2D eigenvalue weighted by Gasteiger charge is 1.99. The van der Waals surface area contributed by atoms with Crippen LogP contribution in [0.5, 0.6) is 5.75 Å². The van der Waals surface area contributed by atoms with Gasteiger partial charge in [-0.3, -0.25) is 4.79 Å². The van der Waals surface area contributed by atoms with E-state index in [0.29, 0.717) is 6.54 Å². The van der Waals surface area contributed by atoms with E-state index >= 15 is 0 Å². The van der Waals surface area contributed by atoms with Gasteiger partial charge in [0.2, 0.25) is 0 Å². The lowest BCUT2D eigenvalue weighted by Crippen LogP contribution is -2.19. The van der Waals surface area contributed by atoms with Crippen molar-refractivity contribution >= 4 is 0 Å². The third kappa shape index (κ3) is 2.75. The predicted octanol–water partition coefficient (Wildman–Crippen LogP) is 2.21. The molecule has 0 radical (unpaired) electrons. The van der Waals surface area contributed by atoms with Gasteiger partial charge in [0, 0.05) is 12.3 Å². The number of hydrogen-bond acceptors (Lipinski definition) is 2. The standard InChI is InChI=1S/C14H15NO2/c1-11-6-7-15(14(16)8-11)10-12-4-3-5-13(9-12)17-2/h3-9H,10H2,1-2H3. The van der Waals surface area contributed by atoms with Gasteiger partial charge >= 0.3 is 0 Å². The Morgan fingerprint density at radius 3 is 2.76 bits per heavy atom. The Labute approximate surface area is 100 Å². The Bertz CT molecular complexity index is 572. The number of aromatic nitrogens is 1. The second kappa shape index (κ2) is 4.87. The lowest BCUT2D eigenvalue weighted by atomic mass is 10.2. The summed E-state index contributed by atoms with van der Waals surface area (Å²) in [5.74, 6) is 0.808. The van der Waals surface area contributed by atoms with Gasteiger partial charge in [0.05, 0.1) is 13.7 Å². The summed E-state index contributed by atoms with van der Waals surface area (Å²) in [7, 11) is 1.64. The maximum atomic E-state index is 11.7. The van der Waals surface area contributed by atoms with Crippen molar-refractivity contribution in [1.29, 1.82) is 0 Å². The van der Waals surface area contributed by atoms with Gasteiger partial charge in [-0.15, -0.1) is 0 Å². The van der Waals surface area contributed by atoms with Crippen molar-refractivity contribution in [3.8, 4) is 5.75 Å². The maximum Gasteiger partial charge on any atom is 0.251 e. The molecule has 0 amide bonds.